The van der Waals surface area contributed by atoms with Crippen LogP contribution in [0.3, 0.4) is 0 Å². The number of aliphatic hydroxyl groups is 3. The summed E-state index contributed by atoms with van der Waals surface area (Å²) in [6.45, 7) is 0.252. The smallest absolute Gasteiger partial charge is 0.0622 e. The fourth-order valence-corrected chi connectivity index (χ4v) is 3.18. The van der Waals surface area contributed by atoms with Gasteiger partial charge < -0.3 is 15.3 Å². The molecule has 0 radical (unpaired) electrons. The van der Waals surface area contributed by atoms with Gasteiger partial charge in [-0.2, -0.15) is 0 Å². The molecule has 0 aliphatic heterocycles. The molecule has 3 N–H and O–H groups in total. The standard InChI is InChI=1S/C11H20O3/c12-7-8-3-5-11(6-4-8)9(13)1-2-10(11)14/h8-10,12-14H,1-7H2. The number of hydrogen-bond donors (Lipinski definition) is 3. The Bertz CT molecular complexity index is 185. The van der Waals surface area contributed by atoms with E-state index in [9.17, 15) is 10.2 Å². The highest BCUT2D eigenvalue weighted by Crippen LogP contribution is 2.50. The van der Waals surface area contributed by atoms with Crippen molar-refractivity contribution in [3.8, 4) is 0 Å². The molecule has 82 valence electrons. The van der Waals surface area contributed by atoms with Gasteiger partial charge >= 0.3 is 0 Å². The molecule has 3 heteroatoms. The molecule has 0 saturated heterocycles. The largest absolute Gasteiger partial charge is 0.396 e. The first-order valence-corrected chi connectivity index (χ1v) is 5.66. The van der Waals surface area contributed by atoms with E-state index in [2.05, 4.69) is 0 Å². The lowest BCUT2D eigenvalue weighted by Gasteiger charge is -2.41. The predicted octanol–water partition coefficient (Wildman–Crippen LogP) is 0.671. The van der Waals surface area contributed by atoms with Crippen LogP contribution in [-0.4, -0.2) is 34.1 Å². The normalized spacial score (nSPS) is 48.6. The third kappa shape index (κ3) is 1.47. The second-order valence-electron chi connectivity index (χ2n) is 4.97. The highest BCUT2D eigenvalue weighted by atomic mass is 16.3. The van der Waals surface area contributed by atoms with Crippen molar-refractivity contribution in [2.24, 2.45) is 11.3 Å². The number of rotatable bonds is 1. The summed E-state index contributed by atoms with van der Waals surface area (Å²) in [7, 11) is 0. The molecular formula is C11H20O3. The van der Waals surface area contributed by atoms with E-state index in [0.29, 0.717) is 5.92 Å². The van der Waals surface area contributed by atoms with Crippen LogP contribution in [0.2, 0.25) is 0 Å². The third-order valence-electron chi connectivity index (χ3n) is 4.34. The SMILES string of the molecule is OCC1CCC2(CC1)C(O)CCC2O. The molecule has 2 saturated carbocycles. The highest BCUT2D eigenvalue weighted by molar-refractivity contribution is 5.00. The lowest BCUT2D eigenvalue weighted by molar-refractivity contribution is -0.0609. The van der Waals surface area contributed by atoms with Crippen molar-refractivity contribution in [2.45, 2.75) is 50.7 Å². The Labute approximate surface area is 84.8 Å². The summed E-state index contributed by atoms with van der Waals surface area (Å²) in [6, 6.07) is 0. The first kappa shape index (κ1) is 10.4. The Morgan fingerprint density at radius 1 is 0.929 bits per heavy atom. The zero-order valence-electron chi connectivity index (χ0n) is 8.52. The Hall–Kier alpha value is -0.120. The maximum absolute atomic E-state index is 9.91. The topological polar surface area (TPSA) is 60.7 Å². The zero-order valence-corrected chi connectivity index (χ0v) is 8.52. The Morgan fingerprint density at radius 2 is 1.43 bits per heavy atom. The summed E-state index contributed by atoms with van der Waals surface area (Å²) < 4.78 is 0. The van der Waals surface area contributed by atoms with Crippen LogP contribution in [0.25, 0.3) is 0 Å². The molecule has 2 aliphatic carbocycles. The lowest BCUT2D eigenvalue weighted by atomic mass is 9.67. The Kier molecular flexibility index (Phi) is 2.82. The van der Waals surface area contributed by atoms with Crippen LogP contribution in [0.4, 0.5) is 0 Å². The van der Waals surface area contributed by atoms with Gasteiger partial charge in [-0.05, 0) is 44.4 Å². The van der Waals surface area contributed by atoms with Crippen molar-refractivity contribution >= 4 is 0 Å². The van der Waals surface area contributed by atoms with E-state index in [0.717, 1.165) is 38.5 Å². The molecule has 2 rings (SSSR count). The maximum Gasteiger partial charge on any atom is 0.0622 e. The van der Waals surface area contributed by atoms with E-state index >= 15 is 0 Å². The Morgan fingerprint density at radius 3 is 1.86 bits per heavy atom. The maximum atomic E-state index is 9.91. The first-order chi connectivity index (χ1) is 6.69. The summed E-state index contributed by atoms with van der Waals surface area (Å²) in [5, 5.41) is 28.9. The summed E-state index contributed by atoms with van der Waals surface area (Å²) >= 11 is 0. The van der Waals surface area contributed by atoms with Gasteiger partial charge in [-0.3, -0.25) is 0 Å². The van der Waals surface area contributed by atoms with Crippen LogP contribution in [0, 0.1) is 11.3 Å². The van der Waals surface area contributed by atoms with E-state index in [1.54, 1.807) is 0 Å². The van der Waals surface area contributed by atoms with Crippen molar-refractivity contribution in [1.29, 1.82) is 0 Å². The molecule has 0 bridgehead atoms. The van der Waals surface area contributed by atoms with Crippen LogP contribution in [-0.2, 0) is 0 Å². The molecule has 2 atom stereocenters. The van der Waals surface area contributed by atoms with Gasteiger partial charge in [-0.15, -0.1) is 0 Å². The second-order valence-corrected chi connectivity index (χ2v) is 4.97. The minimum absolute atomic E-state index is 0.230. The van der Waals surface area contributed by atoms with Crippen molar-refractivity contribution in [1.82, 2.24) is 0 Å². The molecule has 2 unspecified atom stereocenters. The molecule has 0 aromatic rings. The lowest BCUT2D eigenvalue weighted by Crippen LogP contribution is -2.42. The average molecular weight is 200 g/mol. The minimum Gasteiger partial charge on any atom is -0.396 e. The predicted molar refractivity (Wildman–Crippen MR) is 52.7 cm³/mol. The van der Waals surface area contributed by atoms with Gasteiger partial charge in [-0.1, -0.05) is 0 Å². The summed E-state index contributed by atoms with van der Waals surface area (Å²) in [5.41, 5.74) is -0.230. The average Bonchev–Trinajstić information content (AvgIpc) is 2.49. The summed E-state index contributed by atoms with van der Waals surface area (Å²) in [4.78, 5) is 0. The van der Waals surface area contributed by atoms with E-state index in [-0.39, 0.29) is 24.2 Å². The molecule has 0 aromatic carbocycles. The van der Waals surface area contributed by atoms with Gasteiger partial charge in [0.2, 0.25) is 0 Å². The molecule has 2 aliphatic rings. The van der Waals surface area contributed by atoms with Crippen LogP contribution in [0.5, 0.6) is 0 Å². The van der Waals surface area contributed by atoms with Crippen molar-refractivity contribution < 1.29 is 15.3 Å². The molecule has 0 heterocycles. The molecule has 3 nitrogen and oxygen atoms in total. The number of aliphatic hydroxyl groups excluding tert-OH is 3. The first-order valence-electron chi connectivity index (χ1n) is 5.66. The second kappa shape index (κ2) is 3.80. The van der Waals surface area contributed by atoms with Crippen molar-refractivity contribution in [2.75, 3.05) is 6.61 Å². The minimum atomic E-state index is -0.322. The number of hydrogen-bond acceptors (Lipinski definition) is 3. The molecular weight excluding hydrogens is 180 g/mol. The van der Waals surface area contributed by atoms with Gasteiger partial charge in [0, 0.05) is 12.0 Å². The highest BCUT2D eigenvalue weighted by Gasteiger charge is 2.50. The van der Waals surface area contributed by atoms with Gasteiger partial charge in [0.05, 0.1) is 12.2 Å². The molecule has 0 aromatic heterocycles. The van der Waals surface area contributed by atoms with Gasteiger partial charge in [0.1, 0.15) is 0 Å². The van der Waals surface area contributed by atoms with Crippen molar-refractivity contribution in [3.63, 3.8) is 0 Å². The molecule has 1 spiro atoms. The van der Waals surface area contributed by atoms with E-state index in [1.165, 1.54) is 0 Å². The van der Waals surface area contributed by atoms with Gasteiger partial charge in [-0.25, -0.2) is 0 Å². The van der Waals surface area contributed by atoms with Crippen molar-refractivity contribution in [3.05, 3.63) is 0 Å². The van der Waals surface area contributed by atoms with Crippen LogP contribution in [0.15, 0.2) is 0 Å². The monoisotopic (exact) mass is 200 g/mol. The van der Waals surface area contributed by atoms with Crippen LogP contribution < -0.4 is 0 Å². The zero-order chi connectivity index (χ0) is 10.2. The molecule has 14 heavy (non-hydrogen) atoms. The van der Waals surface area contributed by atoms with E-state index < -0.39 is 0 Å². The Balaban J connectivity index is 2.03. The molecule has 2 fully saturated rings. The third-order valence-corrected chi connectivity index (χ3v) is 4.34. The summed E-state index contributed by atoms with van der Waals surface area (Å²) in [6.07, 6.45) is 4.49. The molecule has 0 amide bonds. The van der Waals surface area contributed by atoms with E-state index in [1.807, 2.05) is 0 Å². The fourth-order valence-electron chi connectivity index (χ4n) is 3.18. The van der Waals surface area contributed by atoms with Crippen LogP contribution in [0.1, 0.15) is 38.5 Å². The summed E-state index contributed by atoms with van der Waals surface area (Å²) in [5.74, 6) is 0.389. The van der Waals surface area contributed by atoms with Gasteiger partial charge in [0.15, 0.2) is 0 Å². The van der Waals surface area contributed by atoms with E-state index in [4.69, 9.17) is 5.11 Å². The quantitative estimate of drug-likeness (QED) is 0.583. The van der Waals surface area contributed by atoms with Gasteiger partial charge in [0.25, 0.3) is 0 Å². The fraction of sp³-hybridized carbons (Fsp3) is 1.00. The van der Waals surface area contributed by atoms with Crippen LogP contribution >= 0.6 is 0 Å².